The van der Waals surface area contributed by atoms with Crippen LogP contribution >= 0.6 is 0 Å². The van der Waals surface area contributed by atoms with E-state index in [9.17, 15) is 4.79 Å². The molecule has 0 fully saturated rings. The number of aryl methyl sites for hydroxylation is 2. The Kier molecular flexibility index (Phi) is 4.82. The second-order valence-corrected chi connectivity index (χ2v) is 7.24. The van der Waals surface area contributed by atoms with Gasteiger partial charge in [0.15, 0.2) is 0 Å². The zero-order valence-corrected chi connectivity index (χ0v) is 15.8. The number of hydrogen-bond donors (Lipinski definition) is 1. The van der Waals surface area contributed by atoms with Crippen molar-refractivity contribution in [3.63, 3.8) is 0 Å². The van der Waals surface area contributed by atoms with Gasteiger partial charge >= 0.3 is 0 Å². The van der Waals surface area contributed by atoms with Crippen LogP contribution in [0.15, 0.2) is 24.4 Å². The minimum atomic E-state index is -0.0273. The lowest BCUT2D eigenvalue weighted by molar-refractivity contribution is -0.110. The van der Waals surface area contributed by atoms with E-state index in [4.69, 9.17) is 0 Å². The number of carbonyl (C=O) groups is 1. The number of anilines is 1. The normalized spacial score (nSPS) is 15.1. The van der Waals surface area contributed by atoms with Gasteiger partial charge in [-0.2, -0.15) is 0 Å². The topological polar surface area (TPSA) is 37.3 Å². The zero-order chi connectivity index (χ0) is 18.1. The highest BCUT2D eigenvalue weighted by Gasteiger charge is 2.24. The number of hydrogen-bond acceptors (Lipinski definition) is 2. The fourth-order valence-corrected chi connectivity index (χ4v) is 3.48. The number of amides is 1. The molecule has 0 atom stereocenters. The average Bonchev–Trinajstić information content (AvgIpc) is 2.98. The van der Waals surface area contributed by atoms with E-state index in [1.165, 1.54) is 16.8 Å². The minimum Gasteiger partial charge on any atom is -0.327 e. The first-order valence-electron chi connectivity index (χ1n) is 8.82. The minimum absolute atomic E-state index is 0.0273. The first kappa shape index (κ1) is 17.5. The molecule has 0 bridgehead atoms. The van der Waals surface area contributed by atoms with E-state index < -0.39 is 0 Å². The molecule has 4 heteroatoms. The largest absolute Gasteiger partial charge is 0.327 e. The van der Waals surface area contributed by atoms with Crippen LogP contribution < -0.4 is 5.32 Å². The molecular weight excluding hydrogens is 310 g/mol. The van der Waals surface area contributed by atoms with Gasteiger partial charge in [-0.3, -0.25) is 4.79 Å². The lowest BCUT2D eigenvalue weighted by Gasteiger charge is -2.10. The summed E-state index contributed by atoms with van der Waals surface area (Å²) in [6.07, 6.45) is 6.30. The molecule has 1 aliphatic rings. The molecule has 0 radical (unpaired) electrons. The summed E-state index contributed by atoms with van der Waals surface area (Å²) >= 11 is 0. The highest BCUT2D eigenvalue weighted by Crippen LogP contribution is 2.33. The van der Waals surface area contributed by atoms with Gasteiger partial charge < -0.3 is 14.8 Å². The second-order valence-electron chi connectivity index (χ2n) is 7.24. The van der Waals surface area contributed by atoms with Gasteiger partial charge in [-0.05, 0) is 77.5 Å². The molecule has 1 aliphatic heterocycles. The maximum Gasteiger partial charge on any atom is 0.257 e. The van der Waals surface area contributed by atoms with Crippen molar-refractivity contribution in [2.75, 3.05) is 26.0 Å². The fraction of sp³-hybridized carbons (Fsp3) is 0.381. The molecule has 0 unspecified atom stereocenters. The predicted molar refractivity (Wildman–Crippen MR) is 105 cm³/mol. The Balaban J connectivity index is 1.92. The first-order valence-corrected chi connectivity index (χ1v) is 8.82. The predicted octanol–water partition coefficient (Wildman–Crippen LogP) is 3.86. The van der Waals surface area contributed by atoms with E-state index >= 15 is 0 Å². The maximum atomic E-state index is 12.4. The molecule has 1 amide bonds. The van der Waals surface area contributed by atoms with Crippen LogP contribution in [0.25, 0.3) is 11.8 Å². The molecule has 132 valence electrons. The Morgan fingerprint density at radius 3 is 2.68 bits per heavy atom. The summed E-state index contributed by atoms with van der Waals surface area (Å²) in [6, 6.07) is 6.07. The molecule has 0 saturated heterocycles. The SMILES string of the molecule is Cc1ccc2c(c1)C(=Cn1cc(C)c(CCCN(C)C)c1C)C(=O)N2. The van der Waals surface area contributed by atoms with Crippen molar-refractivity contribution in [1.29, 1.82) is 0 Å². The van der Waals surface area contributed by atoms with Gasteiger partial charge in [-0.25, -0.2) is 0 Å². The number of nitrogens with zero attached hydrogens (tertiary/aromatic N) is 2. The van der Waals surface area contributed by atoms with Crippen LogP contribution in [0.5, 0.6) is 0 Å². The van der Waals surface area contributed by atoms with Gasteiger partial charge in [0.25, 0.3) is 5.91 Å². The number of carbonyl (C=O) groups excluding carboxylic acids is 1. The van der Waals surface area contributed by atoms with Crippen molar-refractivity contribution in [2.24, 2.45) is 0 Å². The summed E-state index contributed by atoms with van der Waals surface area (Å²) in [5.74, 6) is -0.0273. The van der Waals surface area contributed by atoms with Crippen molar-refractivity contribution in [1.82, 2.24) is 9.47 Å². The van der Waals surface area contributed by atoms with Gasteiger partial charge in [0.05, 0.1) is 5.57 Å². The third-order valence-electron chi connectivity index (χ3n) is 4.89. The standard InChI is InChI=1S/C21H27N3O/c1-14-8-9-20-18(11-14)19(21(25)22-20)13-24-12-15(2)17(16(24)3)7-6-10-23(4)5/h8-9,11-13H,6-7,10H2,1-5H3,(H,22,25). The van der Waals surface area contributed by atoms with E-state index in [0.717, 1.165) is 41.8 Å². The summed E-state index contributed by atoms with van der Waals surface area (Å²) in [6.45, 7) is 7.42. The van der Waals surface area contributed by atoms with E-state index in [1.54, 1.807) is 0 Å². The molecule has 3 rings (SSSR count). The van der Waals surface area contributed by atoms with Gasteiger partial charge in [0.1, 0.15) is 0 Å². The summed E-state index contributed by atoms with van der Waals surface area (Å²) in [5.41, 5.74) is 7.68. The van der Waals surface area contributed by atoms with Crippen molar-refractivity contribution in [3.8, 4) is 0 Å². The van der Waals surface area contributed by atoms with Crippen LogP contribution in [0.1, 0.15) is 34.4 Å². The van der Waals surface area contributed by atoms with Gasteiger partial charge in [0, 0.05) is 29.3 Å². The highest BCUT2D eigenvalue weighted by molar-refractivity contribution is 6.34. The van der Waals surface area contributed by atoms with E-state index in [2.05, 4.69) is 61.9 Å². The van der Waals surface area contributed by atoms with Crippen LogP contribution in [0.3, 0.4) is 0 Å². The van der Waals surface area contributed by atoms with Crippen molar-refractivity contribution in [2.45, 2.75) is 33.6 Å². The monoisotopic (exact) mass is 337 g/mol. The molecule has 25 heavy (non-hydrogen) atoms. The zero-order valence-electron chi connectivity index (χ0n) is 15.8. The summed E-state index contributed by atoms with van der Waals surface area (Å²) in [7, 11) is 4.21. The smallest absolute Gasteiger partial charge is 0.257 e. The Hall–Kier alpha value is -2.33. The van der Waals surface area contributed by atoms with Crippen molar-refractivity contribution >= 4 is 23.4 Å². The molecule has 0 saturated carbocycles. The number of benzene rings is 1. The first-order chi connectivity index (χ1) is 11.9. The lowest BCUT2D eigenvalue weighted by atomic mass is 10.1. The van der Waals surface area contributed by atoms with Gasteiger partial charge in [-0.15, -0.1) is 0 Å². The van der Waals surface area contributed by atoms with Crippen LogP contribution in [0.2, 0.25) is 0 Å². The molecule has 4 nitrogen and oxygen atoms in total. The van der Waals surface area contributed by atoms with Crippen LogP contribution in [-0.2, 0) is 11.2 Å². The summed E-state index contributed by atoms with van der Waals surface area (Å²) in [4.78, 5) is 14.6. The van der Waals surface area contributed by atoms with Crippen molar-refractivity contribution < 1.29 is 4.79 Å². The molecule has 2 heterocycles. The fourth-order valence-electron chi connectivity index (χ4n) is 3.48. The Morgan fingerprint density at radius 1 is 1.20 bits per heavy atom. The summed E-state index contributed by atoms with van der Waals surface area (Å²) < 4.78 is 2.10. The van der Waals surface area contributed by atoms with Crippen LogP contribution in [-0.4, -0.2) is 36.0 Å². The molecule has 2 aromatic rings. The quantitative estimate of drug-likeness (QED) is 0.841. The molecule has 1 aromatic heterocycles. The maximum absolute atomic E-state index is 12.4. The average molecular weight is 337 g/mol. The van der Waals surface area contributed by atoms with E-state index in [-0.39, 0.29) is 5.91 Å². The number of rotatable bonds is 5. The Labute approximate surface area is 150 Å². The van der Waals surface area contributed by atoms with Crippen molar-refractivity contribution in [3.05, 3.63) is 52.3 Å². The van der Waals surface area contributed by atoms with Gasteiger partial charge in [-0.1, -0.05) is 11.6 Å². The second kappa shape index (κ2) is 6.89. The number of aromatic nitrogens is 1. The Bertz CT molecular complexity index is 843. The third-order valence-corrected chi connectivity index (χ3v) is 4.89. The van der Waals surface area contributed by atoms with Gasteiger partial charge in [0.2, 0.25) is 0 Å². The molecule has 1 aromatic carbocycles. The van der Waals surface area contributed by atoms with Crippen LogP contribution in [0, 0.1) is 20.8 Å². The summed E-state index contributed by atoms with van der Waals surface area (Å²) in [5, 5.41) is 2.96. The highest BCUT2D eigenvalue weighted by atomic mass is 16.2. The lowest BCUT2D eigenvalue weighted by Crippen LogP contribution is -2.13. The number of nitrogens with one attached hydrogen (secondary N) is 1. The Morgan fingerprint density at radius 2 is 1.96 bits per heavy atom. The molecular formula is C21H27N3O. The van der Waals surface area contributed by atoms with E-state index in [1.807, 2.05) is 18.3 Å². The number of fused-ring (bicyclic) bond motifs is 1. The van der Waals surface area contributed by atoms with E-state index in [0.29, 0.717) is 0 Å². The molecule has 0 aliphatic carbocycles. The molecule has 0 spiro atoms. The van der Waals surface area contributed by atoms with Crippen LogP contribution in [0.4, 0.5) is 5.69 Å². The molecule has 1 N–H and O–H groups in total. The third kappa shape index (κ3) is 3.54.